The van der Waals surface area contributed by atoms with Crippen molar-refractivity contribution in [1.29, 1.82) is 10.5 Å². The van der Waals surface area contributed by atoms with Crippen molar-refractivity contribution in [2.45, 2.75) is 0 Å². The van der Waals surface area contributed by atoms with Crippen LogP contribution in [0.1, 0.15) is 11.1 Å². The molecule has 5 heteroatoms. The number of ether oxygens (including phenoxy) is 1. The Kier molecular flexibility index (Phi) is 3.43. The van der Waals surface area contributed by atoms with Crippen molar-refractivity contribution in [3.63, 3.8) is 0 Å². The zero-order valence-electron chi connectivity index (χ0n) is 9.09. The number of hydrogen-bond donors (Lipinski definition) is 0. The van der Waals surface area contributed by atoms with Crippen LogP contribution in [0.3, 0.4) is 0 Å². The Morgan fingerprint density at radius 1 is 1.06 bits per heavy atom. The molecule has 18 heavy (non-hydrogen) atoms. The Hall–Kier alpha value is -2.56. The smallest absolute Gasteiger partial charge is 0.150 e. The highest BCUT2D eigenvalue weighted by Crippen LogP contribution is 2.29. The Morgan fingerprint density at radius 2 is 1.83 bits per heavy atom. The monoisotopic (exact) mass is 255 g/mol. The van der Waals surface area contributed by atoms with Gasteiger partial charge < -0.3 is 4.74 Å². The van der Waals surface area contributed by atoms with Crippen LogP contribution < -0.4 is 4.74 Å². The van der Waals surface area contributed by atoms with E-state index in [4.69, 9.17) is 26.9 Å². The number of nitrogens with zero attached hydrogens (tertiary/aromatic N) is 3. The van der Waals surface area contributed by atoms with E-state index in [9.17, 15) is 0 Å². The van der Waals surface area contributed by atoms with Crippen LogP contribution in [-0.2, 0) is 0 Å². The van der Waals surface area contributed by atoms with E-state index in [0.29, 0.717) is 11.3 Å². The Bertz CT molecular complexity index is 671. The van der Waals surface area contributed by atoms with Gasteiger partial charge in [-0.2, -0.15) is 10.5 Å². The number of benzene rings is 1. The second kappa shape index (κ2) is 5.18. The molecule has 2 aromatic rings. The van der Waals surface area contributed by atoms with Gasteiger partial charge in [0, 0.05) is 12.3 Å². The highest BCUT2D eigenvalue weighted by Gasteiger charge is 2.11. The van der Waals surface area contributed by atoms with Crippen LogP contribution in [0.15, 0.2) is 36.5 Å². The molecule has 0 unspecified atom stereocenters. The van der Waals surface area contributed by atoms with Crippen LogP contribution in [-0.4, -0.2) is 4.98 Å². The van der Waals surface area contributed by atoms with Crippen LogP contribution >= 0.6 is 11.6 Å². The molecule has 0 aliphatic carbocycles. The van der Waals surface area contributed by atoms with Gasteiger partial charge >= 0.3 is 0 Å². The normalized spacial score (nSPS) is 9.28. The predicted octanol–water partition coefficient (Wildman–Crippen LogP) is 3.27. The predicted molar refractivity (Wildman–Crippen MR) is 65.2 cm³/mol. The molecule has 0 radical (unpaired) electrons. The molecule has 0 N–H and O–H groups in total. The second-order valence-electron chi connectivity index (χ2n) is 3.30. The molecule has 2 rings (SSSR count). The van der Waals surface area contributed by atoms with E-state index in [1.54, 1.807) is 24.3 Å². The minimum absolute atomic E-state index is 0.0736. The lowest BCUT2D eigenvalue weighted by Gasteiger charge is -2.08. The van der Waals surface area contributed by atoms with E-state index in [-0.39, 0.29) is 16.5 Å². The average Bonchev–Trinajstić information content (AvgIpc) is 2.40. The maximum atomic E-state index is 8.98. The standard InChI is InChI=1S/C13H6ClN3O/c14-13-10(8-16)12(5-6-17-13)18-11-4-2-1-3-9(11)7-15/h1-6H. The van der Waals surface area contributed by atoms with Gasteiger partial charge in [-0.05, 0) is 12.1 Å². The van der Waals surface area contributed by atoms with Crippen molar-refractivity contribution in [2.24, 2.45) is 0 Å². The number of halogens is 1. The fraction of sp³-hybridized carbons (Fsp3) is 0. The summed E-state index contributed by atoms with van der Waals surface area (Å²) < 4.78 is 5.53. The van der Waals surface area contributed by atoms with Crippen molar-refractivity contribution >= 4 is 11.6 Å². The summed E-state index contributed by atoms with van der Waals surface area (Å²) in [6.07, 6.45) is 1.44. The summed E-state index contributed by atoms with van der Waals surface area (Å²) in [6.45, 7) is 0. The van der Waals surface area contributed by atoms with Crippen molar-refractivity contribution in [3.05, 3.63) is 52.8 Å². The van der Waals surface area contributed by atoms with Crippen molar-refractivity contribution in [2.75, 3.05) is 0 Å². The summed E-state index contributed by atoms with van der Waals surface area (Å²) in [6, 6.07) is 12.2. The van der Waals surface area contributed by atoms with Gasteiger partial charge in [0.05, 0.1) is 5.56 Å². The van der Waals surface area contributed by atoms with E-state index in [1.165, 1.54) is 12.3 Å². The SMILES string of the molecule is N#Cc1ccccc1Oc1ccnc(Cl)c1C#N. The van der Waals surface area contributed by atoms with E-state index in [2.05, 4.69) is 4.98 Å². The zero-order chi connectivity index (χ0) is 13.0. The molecule has 86 valence electrons. The van der Waals surface area contributed by atoms with E-state index in [0.717, 1.165) is 0 Å². The van der Waals surface area contributed by atoms with Crippen LogP contribution in [0.5, 0.6) is 11.5 Å². The quantitative estimate of drug-likeness (QED) is 0.772. The summed E-state index contributed by atoms with van der Waals surface area (Å²) in [4.78, 5) is 3.79. The van der Waals surface area contributed by atoms with Crippen molar-refractivity contribution in [3.8, 4) is 23.6 Å². The average molecular weight is 256 g/mol. The molecule has 0 aliphatic rings. The van der Waals surface area contributed by atoms with Gasteiger partial charge in [-0.25, -0.2) is 4.98 Å². The topological polar surface area (TPSA) is 69.7 Å². The number of para-hydroxylation sites is 1. The van der Waals surface area contributed by atoms with Gasteiger partial charge in [-0.15, -0.1) is 0 Å². The molecule has 1 aromatic carbocycles. The highest BCUT2D eigenvalue weighted by molar-refractivity contribution is 6.30. The molecular formula is C13H6ClN3O. The second-order valence-corrected chi connectivity index (χ2v) is 3.65. The Labute approximate surface area is 109 Å². The van der Waals surface area contributed by atoms with Gasteiger partial charge in [0.1, 0.15) is 29.2 Å². The Morgan fingerprint density at radius 3 is 2.56 bits per heavy atom. The molecule has 1 aromatic heterocycles. The van der Waals surface area contributed by atoms with Gasteiger partial charge in [-0.1, -0.05) is 23.7 Å². The maximum absolute atomic E-state index is 8.98. The fourth-order valence-electron chi connectivity index (χ4n) is 1.37. The molecule has 0 saturated heterocycles. The van der Waals surface area contributed by atoms with E-state index in [1.807, 2.05) is 12.1 Å². The van der Waals surface area contributed by atoms with Crippen molar-refractivity contribution in [1.82, 2.24) is 4.98 Å². The fourth-order valence-corrected chi connectivity index (χ4v) is 1.56. The minimum Gasteiger partial charge on any atom is -0.454 e. The molecule has 0 spiro atoms. The molecule has 0 aliphatic heterocycles. The molecule has 0 atom stereocenters. The lowest BCUT2D eigenvalue weighted by atomic mass is 10.2. The van der Waals surface area contributed by atoms with Gasteiger partial charge in [0.2, 0.25) is 0 Å². The molecule has 1 heterocycles. The first-order valence-corrected chi connectivity index (χ1v) is 5.35. The van der Waals surface area contributed by atoms with Crippen LogP contribution in [0.25, 0.3) is 0 Å². The van der Waals surface area contributed by atoms with E-state index < -0.39 is 0 Å². The number of aromatic nitrogens is 1. The third-order valence-corrected chi connectivity index (χ3v) is 2.49. The summed E-state index contributed by atoms with van der Waals surface area (Å²) in [5, 5.41) is 18.0. The highest BCUT2D eigenvalue weighted by atomic mass is 35.5. The van der Waals surface area contributed by atoms with Crippen molar-refractivity contribution < 1.29 is 4.74 Å². The Balaban J connectivity index is 2.45. The molecule has 0 bridgehead atoms. The first kappa shape index (κ1) is 11.9. The summed E-state index contributed by atoms with van der Waals surface area (Å²) in [7, 11) is 0. The zero-order valence-corrected chi connectivity index (χ0v) is 9.85. The van der Waals surface area contributed by atoms with Gasteiger partial charge in [0.15, 0.2) is 5.15 Å². The largest absolute Gasteiger partial charge is 0.454 e. The minimum atomic E-state index is 0.0736. The van der Waals surface area contributed by atoms with Crippen LogP contribution in [0, 0.1) is 22.7 Å². The van der Waals surface area contributed by atoms with Crippen LogP contribution in [0.2, 0.25) is 5.15 Å². The van der Waals surface area contributed by atoms with Crippen LogP contribution in [0.4, 0.5) is 0 Å². The number of pyridine rings is 1. The molecule has 0 saturated carbocycles. The lowest BCUT2D eigenvalue weighted by molar-refractivity contribution is 0.479. The summed E-state index contributed by atoms with van der Waals surface area (Å²) in [5.74, 6) is 0.652. The molecule has 0 amide bonds. The molecular weight excluding hydrogens is 250 g/mol. The molecule has 0 fully saturated rings. The van der Waals surface area contributed by atoms with Gasteiger partial charge in [-0.3, -0.25) is 0 Å². The molecule has 4 nitrogen and oxygen atoms in total. The summed E-state index contributed by atoms with van der Waals surface area (Å²) in [5.41, 5.74) is 0.529. The number of rotatable bonds is 2. The first-order valence-electron chi connectivity index (χ1n) is 4.98. The maximum Gasteiger partial charge on any atom is 0.150 e. The lowest BCUT2D eigenvalue weighted by Crippen LogP contribution is -1.92. The van der Waals surface area contributed by atoms with E-state index >= 15 is 0 Å². The first-order chi connectivity index (χ1) is 8.76. The summed E-state index contributed by atoms with van der Waals surface area (Å²) >= 11 is 5.79. The number of hydrogen-bond acceptors (Lipinski definition) is 4. The van der Waals surface area contributed by atoms with Gasteiger partial charge in [0.25, 0.3) is 0 Å². The third kappa shape index (κ3) is 2.24. The number of nitriles is 2. The third-order valence-electron chi connectivity index (χ3n) is 2.21.